The summed E-state index contributed by atoms with van der Waals surface area (Å²) in [7, 11) is 0. The number of pyridine rings is 1. The van der Waals surface area contributed by atoms with Crippen LogP contribution in [0.3, 0.4) is 0 Å². The van der Waals surface area contributed by atoms with Crippen LogP contribution in [0, 0.1) is 0 Å². The highest BCUT2D eigenvalue weighted by Crippen LogP contribution is 2.32. The quantitative estimate of drug-likeness (QED) is 0.635. The number of hydrogen-bond acceptors (Lipinski definition) is 8. The van der Waals surface area contributed by atoms with Gasteiger partial charge >= 0.3 is 0 Å². The molecular formula is C23H31N9. The Balaban J connectivity index is 1.32. The fourth-order valence-corrected chi connectivity index (χ4v) is 5.18. The predicted molar refractivity (Wildman–Crippen MR) is 127 cm³/mol. The second kappa shape index (κ2) is 8.54. The van der Waals surface area contributed by atoms with Crippen molar-refractivity contribution in [2.24, 2.45) is 0 Å². The van der Waals surface area contributed by atoms with Crippen molar-refractivity contribution in [1.82, 2.24) is 30.0 Å². The SMILES string of the molecule is c1c(Nc2cc3c(cn2)cnn3C2CCCC2)nc(N2CCCC2)nc1N1CCNCC1. The number of anilines is 4. The Morgan fingerprint density at radius 1 is 0.844 bits per heavy atom. The Labute approximate surface area is 188 Å². The van der Waals surface area contributed by atoms with E-state index in [1.165, 1.54) is 38.5 Å². The smallest absolute Gasteiger partial charge is 0.229 e. The number of nitrogens with zero attached hydrogens (tertiary/aromatic N) is 7. The van der Waals surface area contributed by atoms with E-state index in [1.54, 1.807) is 0 Å². The van der Waals surface area contributed by atoms with E-state index < -0.39 is 0 Å². The third-order valence-corrected chi connectivity index (χ3v) is 6.94. The second-order valence-corrected chi connectivity index (χ2v) is 9.12. The van der Waals surface area contributed by atoms with Crippen LogP contribution in [0.2, 0.25) is 0 Å². The zero-order valence-electron chi connectivity index (χ0n) is 18.5. The molecule has 0 amide bonds. The molecule has 1 saturated carbocycles. The first-order valence-electron chi connectivity index (χ1n) is 12.0. The molecule has 2 N–H and O–H groups in total. The minimum atomic E-state index is 0.503. The molecule has 168 valence electrons. The van der Waals surface area contributed by atoms with E-state index in [1.807, 2.05) is 12.4 Å². The molecule has 0 bridgehead atoms. The minimum Gasteiger partial charge on any atom is -0.354 e. The van der Waals surface area contributed by atoms with Gasteiger partial charge in [0, 0.05) is 63.0 Å². The summed E-state index contributed by atoms with van der Waals surface area (Å²) in [5, 5.41) is 12.7. The predicted octanol–water partition coefficient (Wildman–Crippen LogP) is 3.09. The molecule has 0 radical (unpaired) electrons. The molecule has 9 heteroatoms. The average molecular weight is 434 g/mol. The molecule has 2 saturated heterocycles. The van der Waals surface area contributed by atoms with Crippen LogP contribution in [0.1, 0.15) is 44.6 Å². The Morgan fingerprint density at radius 3 is 2.47 bits per heavy atom. The normalized spacial score (nSPS) is 19.9. The number of rotatable bonds is 5. The second-order valence-electron chi connectivity index (χ2n) is 9.12. The van der Waals surface area contributed by atoms with Crippen molar-refractivity contribution in [1.29, 1.82) is 0 Å². The molecule has 9 nitrogen and oxygen atoms in total. The summed E-state index contributed by atoms with van der Waals surface area (Å²) in [6, 6.07) is 4.68. The number of fused-ring (bicyclic) bond motifs is 1. The van der Waals surface area contributed by atoms with Crippen LogP contribution in [0.5, 0.6) is 0 Å². The van der Waals surface area contributed by atoms with Crippen molar-refractivity contribution in [2.45, 2.75) is 44.6 Å². The summed E-state index contributed by atoms with van der Waals surface area (Å²) in [6.07, 6.45) is 11.2. The molecule has 5 heterocycles. The lowest BCUT2D eigenvalue weighted by atomic mass is 10.2. The topological polar surface area (TPSA) is 87.0 Å². The van der Waals surface area contributed by atoms with Gasteiger partial charge in [0.15, 0.2) is 0 Å². The summed E-state index contributed by atoms with van der Waals surface area (Å²) >= 11 is 0. The first-order chi connectivity index (χ1) is 15.8. The van der Waals surface area contributed by atoms with E-state index in [0.29, 0.717) is 6.04 Å². The van der Waals surface area contributed by atoms with Gasteiger partial charge in [-0.2, -0.15) is 15.1 Å². The molecule has 0 spiro atoms. The van der Waals surface area contributed by atoms with Gasteiger partial charge < -0.3 is 20.4 Å². The first kappa shape index (κ1) is 19.7. The highest BCUT2D eigenvalue weighted by atomic mass is 15.3. The molecule has 0 unspecified atom stereocenters. The van der Waals surface area contributed by atoms with Crippen molar-refractivity contribution in [3.05, 3.63) is 24.5 Å². The summed E-state index contributed by atoms with van der Waals surface area (Å²) in [5.41, 5.74) is 1.14. The van der Waals surface area contributed by atoms with E-state index in [4.69, 9.17) is 9.97 Å². The van der Waals surface area contributed by atoms with Crippen molar-refractivity contribution >= 4 is 34.3 Å². The third kappa shape index (κ3) is 3.85. The van der Waals surface area contributed by atoms with E-state index in [2.05, 4.69) is 47.3 Å². The van der Waals surface area contributed by atoms with Gasteiger partial charge in [-0.05, 0) is 25.7 Å². The third-order valence-electron chi connectivity index (χ3n) is 6.94. The van der Waals surface area contributed by atoms with Crippen molar-refractivity contribution < 1.29 is 0 Å². The van der Waals surface area contributed by atoms with E-state index >= 15 is 0 Å². The van der Waals surface area contributed by atoms with Crippen LogP contribution in [0.25, 0.3) is 10.9 Å². The van der Waals surface area contributed by atoms with Gasteiger partial charge in [-0.15, -0.1) is 0 Å². The van der Waals surface area contributed by atoms with Gasteiger partial charge in [0.25, 0.3) is 0 Å². The maximum atomic E-state index is 4.93. The summed E-state index contributed by atoms with van der Waals surface area (Å²) in [5.74, 6) is 3.41. The van der Waals surface area contributed by atoms with Crippen molar-refractivity contribution in [3.8, 4) is 0 Å². The van der Waals surface area contributed by atoms with Gasteiger partial charge in [-0.3, -0.25) is 4.68 Å². The zero-order chi connectivity index (χ0) is 21.3. The van der Waals surface area contributed by atoms with Gasteiger partial charge in [-0.25, -0.2) is 4.98 Å². The minimum absolute atomic E-state index is 0.503. The van der Waals surface area contributed by atoms with Gasteiger partial charge in [0.1, 0.15) is 17.5 Å². The van der Waals surface area contributed by atoms with Crippen LogP contribution in [0.15, 0.2) is 24.5 Å². The standard InChI is InChI=1S/C23H31N9/c1-2-6-18(5-1)32-19-13-20(25-15-17(19)16-26-32)27-21-14-22(30-11-7-24-8-12-30)29-23(28-21)31-9-3-4-10-31/h13-16,18,24H,1-12H2,(H,25,27,28,29). The Kier molecular flexibility index (Phi) is 5.26. The summed E-state index contributed by atoms with van der Waals surface area (Å²) < 4.78 is 2.19. The molecule has 3 aliphatic rings. The Bertz CT molecular complexity index is 1080. The zero-order valence-corrected chi connectivity index (χ0v) is 18.5. The van der Waals surface area contributed by atoms with Gasteiger partial charge in [-0.1, -0.05) is 12.8 Å². The van der Waals surface area contributed by atoms with Crippen LogP contribution in [-0.2, 0) is 0 Å². The fourth-order valence-electron chi connectivity index (χ4n) is 5.18. The van der Waals surface area contributed by atoms with Gasteiger partial charge in [0.05, 0.1) is 17.8 Å². The van der Waals surface area contributed by atoms with Crippen LogP contribution >= 0.6 is 0 Å². The molecule has 3 aromatic rings. The molecule has 0 atom stereocenters. The van der Waals surface area contributed by atoms with Crippen LogP contribution in [-0.4, -0.2) is 64.0 Å². The number of piperazine rings is 1. The Hall–Kier alpha value is -2.94. The lowest BCUT2D eigenvalue weighted by molar-refractivity contribution is 0.482. The van der Waals surface area contributed by atoms with E-state index in [0.717, 1.165) is 73.6 Å². The maximum Gasteiger partial charge on any atom is 0.229 e. The number of aromatic nitrogens is 5. The molecule has 3 fully saturated rings. The molecule has 0 aromatic carbocycles. The average Bonchev–Trinajstić information content (AvgIpc) is 3.61. The Morgan fingerprint density at radius 2 is 1.66 bits per heavy atom. The number of nitrogens with one attached hydrogen (secondary N) is 2. The van der Waals surface area contributed by atoms with Crippen LogP contribution < -0.4 is 20.4 Å². The molecular weight excluding hydrogens is 402 g/mol. The lowest BCUT2D eigenvalue weighted by Crippen LogP contribution is -2.44. The first-order valence-corrected chi connectivity index (χ1v) is 12.0. The van der Waals surface area contributed by atoms with Crippen molar-refractivity contribution in [3.63, 3.8) is 0 Å². The number of hydrogen-bond donors (Lipinski definition) is 2. The molecule has 32 heavy (non-hydrogen) atoms. The van der Waals surface area contributed by atoms with Crippen molar-refractivity contribution in [2.75, 3.05) is 54.4 Å². The highest BCUT2D eigenvalue weighted by Gasteiger charge is 2.21. The largest absolute Gasteiger partial charge is 0.354 e. The molecule has 6 rings (SSSR count). The molecule has 3 aromatic heterocycles. The van der Waals surface area contributed by atoms with Gasteiger partial charge in [0.2, 0.25) is 5.95 Å². The lowest BCUT2D eigenvalue weighted by Gasteiger charge is -2.29. The molecule has 2 aliphatic heterocycles. The van der Waals surface area contributed by atoms with E-state index in [-0.39, 0.29) is 0 Å². The van der Waals surface area contributed by atoms with E-state index in [9.17, 15) is 0 Å². The summed E-state index contributed by atoms with van der Waals surface area (Å²) in [6.45, 7) is 5.93. The fraction of sp³-hybridized carbons (Fsp3) is 0.565. The maximum absolute atomic E-state index is 4.93. The highest BCUT2D eigenvalue weighted by molar-refractivity contribution is 5.81. The summed E-state index contributed by atoms with van der Waals surface area (Å²) in [4.78, 5) is 19.1. The monoisotopic (exact) mass is 433 g/mol. The molecule has 1 aliphatic carbocycles. The van der Waals surface area contributed by atoms with Crippen LogP contribution in [0.4, 0.5) is 23.4 Å².